The minimum absolute atomic E-state index is 0.146. The van der Waals surface area contributed by atoms with Crippen LogP contribution in [0.4, 0.5) is 11.6 Å². The number of nitrogens with zero attached hydrogens (tertiary/aromatic N) is 5. The number of nitro groups is 2. The van der Waals surface area contributed by atoms with E-state index in [4.69, 9.17) is 4.74 Å². The molecule has 0 atom stereocenters. The van der Waals surface area contributed by atoms with Crippen molar-refractivity contribution in [2.24, 2.45) is 0 Å². The van der Waals surface area contributed by atoms with E-state index in [1.54, 1.807) is 0 Å². The SMILES string of the molecule is COCn1c(Br)nc([N+](=O)[O-])c1Br.O=[N+]([O-])c1[nH]c(Br)nc1Br. The molecule has 0 unspecified atom stereocenters. The van der Waals surface area contributed by atoms with Crippen LogP contribution in [0.25, 0.3) is 0 Å². The zero-order valence-electron chi connectivity index (χ0n) is 11.0. The Morgan fingerprint density at radius 2 is 1.78 bits per heavy atom. The number of aromatic amines is 1. The first kappa shape index (κ1) is 20.1. The fourth-order valence-electron chi connectivity index (χ4n) is 1.19. The van der Waals surface area contributed by atoms with Crippen molar-refractivity contribution in [2.45, 2.75) is 6.73 Å². The molecule has 2 heterocycles. The van der Waals surface area contributed by atoms with Crippen LogP contribution in [0.5, 0.6) is 0 Å². The Balaban J connectivity index is 0.000000238. The van der Waals surface area contributed by atoms with Gasteiger partial charge >= 0.3 is 11.6 Å². The maximum Gasteiger partial charge on any atom is 0.397 e. The number of imidazole rings is 2. The maximum atomic E-state index is 10.4. The zero-order chi connectivity index (χ0) is 17.7. The lowest BCUT2D eigenvalue weighted by molar-refractivity contribution is -0.390. The highest BCUT2D eigenvalue weighted by Crippen LogP contribution is 2.28. The van der Waals surface area contributed by atoms with Gasteiger partial charge in [0.05, 0.1) is 0 Å². The van der Waals surface area contributed by atoms with Gasteiger partial charge in [-0.25, -0.2) is 4.98 Å². The zero-order valence-corrected chi connectivity index (χ0v) is 17.3. The van der Waals surface area contributed by atoms with Crippen molar-refractivity contribution >= 4 is 75.4 Å². The molecule has 0 aliphatic heterocycles. The predicted molar refractivity (Wildman–Crippen MR) is 91.9 cm³/mol. The highest BCUT2D eigenvalue weighted by molar-refractivity contribution is 9.11. The van der Waals surface area contributed by atoms with Gasteiger partial charge in [-0.15, -0.1) is 0 Å². The summed E-state index contributed by atoms with van der Waals surface area (Å²) >= 11 is 12.0. The summed E-state index contributed by atoms with van der Waals surface area (Å²) in [6.07, 6.45) is 0. The number of H-pyrrole nitrogens is 1. The van der Waals surface area contributed by atoms with Crippen molar-refractivity contribution in [1.82, 2.24) is 19.5 Å². The molecule has 0 fully saturated rings. The summed E-state index contributed by atoms with van der Waals surface area (Å²) in [4.78, 5) is 29.2. The molecule has 0 aromatic carbocycles. The second kappa shape index (κ2) is 8.81. The highest BCUT2D eigenvalue weighted by atomic mass is 79.9. The molecule has 0 saturated carbocycles. The van der Waals surface area contributed by atoms with Gasteiger partial charge in [-0.2, -0.15) is 4.98 Å². The molecule has 15 heteroatoms. The van der Waals surface area contributed by atoms with Gasteiger partial charge in [0.2, 0.25) is 4.60 Å². The number of methoxy groups -OCH3 is 1. The molecule has 0 radical (unpaired) electrons. The van der Waals surface area contributed by atoms with Crippen LogP contribution in [0.2, 0.25) is 0 Å². The van der Waals surface area contributed by atoms with Gasteiger partial charge in [-0.05, 0) is 46.7 Å². The Hall–Kier alpha value is -0.900. The standard InChI is InChI=1S/C5H5Br2N3O3.C3HBr2N3O2/c1-13-2-9-3(6)4(10(11)12)8-5(9)7;4-1-2(8(9)10)7-3(5)6-1/h2H2,1H3;(H,6,7). The minimum atomic E-state index is -0.568. The Kier molecular flexibility index (Phi) is 7.72. The van der Waals surface area contributed by atoms with E-state index in [1.807, 2.05) is 0 Å². The van der Waals surface area contributed by atoms with Crippen molar-refractivity contribution in [1.29, 1.82) is 0 Å². The van der Waals surface area contributed by atoms with Gasteiger partial charge in [-0.3, -0.25) is 4.57 Å². The first-order chi connectivity index (χ1) is 10.7. The second-order valence-electron chi connectivity index (χ2n) is 3.52. The molecule has 2 aromatic heterocycles. The molecule has 2 aromatic rings. The van der Waals surface area contributed by atoms with Crippen molar-refractivity contribution < 1.29 is 14.6 Å². The van der Waals surface area contributed by atoms with Gasteiger partial charge < -0.3 is 25.0 Å². The number of aromatic nitrogens is 4. The smallest absolute Gasteiger partial charge is 0.364 e. The van der Waals surface area contributed by atoms with Crippen LogP contribution in [0.1, 0.15) is 0 Å². The van der Waals surface area contributed by atoms with E-state index >= 15 is 0 Å². The van der Waals surface area contributed by atoms with Crippen LogP contribution in [-0.2, 0) is 11.5 Å². The van der Waals surface area contributed by atoms with Crippen LogP contribution in [-0.4, -0.2) is 36.5 Å². The largest absolute Gasteiger partial charge is 0.397 e. The number of nitrogens with one attached hydrogen (secondary N) is 1. The first-order valence-electron chi connectivity index (χ1n) is 5.29. The molecule has 23 heavy (non-hydrogen) atoms. The third-order valence-electron chi connectivity index (χ3n) is 2.07. The van der Waals surface area contributed by atoms with E-state index < -0.39 is 9.85 Å². The molecule has 0 amide bonds. The first-order valence-corrected chi connectivity index (χ1v) is 8.46. The number of ether oxygens (including phenoxy) is 1. The lowest BCUT2D eigenvalue weighted by atomic mass is 10.8. The summed E-state index contributed by atoms with van der Waals surface area (Å²) in [5, 5.41) is 20.5. The van der Waals surface area contributed by atoms with Crippen LogP contribution in [0.3, 0.4) is 0 Å². The Bertz CT molecular complexity index is 731. The van der Waals surface area contributed by atoms with E-state index in [1.165, 1.54) is 11.7 Å². The Morgan fingerprint density at radius 3 is 2.09 bits per heavy atom. The van der Waals surface area contributed by atoms with Crippen molar-refractivity contribution in [3.8, 4) is 0 Å². The molecular weight excluding hydrogens is 580 g/mol. The van der Waals surface area contributed by atoms with Gasteiger partial charge in [0.1, 0.15) is 6.73 Å². The summed E-state index contributed by atoms with van der Waals surface area (Å²) in [5.41, 5.74) is 0. The summed E-state index contributed by atoms with van der Waals surface area (Å²) in [6, 6.07) is 0. The van der Waals surface area contributed by atoms with E-state index in [-0.39, 0.29) is 27.6 Å². The van der Waals surface area contributed by atoms with E-state index in [2.05, 4.69) is 78.7 Å². The summed E-state index contributed by atoms with van der Waals surface area (Å²) in [5.74, 6) is -0.379. The van der Waals surface area contributed by atoms with E-state index in [9.17, 15) is 20.2 Å². The molecule has 11 nitrogen and oxygen atoms in total. The fourth-order valence-corrected chi connectivity index (χ4v) is 3.40. The molecule has 2 rings (SSSR count). The van der Waals surface area contributed by atoms with Gasteiger partial charge in [0, 0.05) is 39.0 Å². The lowest BCUT2D eigenvalue weighted by Gasteiger charge is -1.99. The average Bonchev–Trinajstić information content (AvgIpc) is 2.93. The molecular formula is C8H6Br4N6O5. The van der Waals surface area contributed by atoms with Crippen LogP contribution in [0, 0.1) is 20.2 Å². The topological polar surface area (TPSA) is 142 Å². The van der Waals surface area contributed by atoms with Crippen molar-refractivity contribution in [3.05, 3.63) is 38.9 Å². The normalized spacial score (nSPS) is 10.1. The van der Waals surface area contributed by atoms with Crippen LogP contribution < -0.4 is 0 Å². The van der Waals surface area contributed by atoms with E-state index in [0.29, 0.717) is 9.47 Å². The highest BCUT2D eigenvalue weighted by Gasteiger charge is 2.23. The molecule has 0 bridgehead atoms. The Morgan fingerprint density at radius 1 is 1.17 bits per heavy atom. The predicted octanol–water partition coefficient (Wildman–Crippen LogP) is 3.76. The fraction of sp³-hybridized carbons (Fsp3) is 0.250. The van der Waals surface area contributed by atoms with Crippen molar-refractivity contribution in [2.75, 3.05) is 7.11 Å². The minimum Gasteiger partial charge on any atom is -0.364 e. The van der Waals surface area contributed by atoms with Crippen molar-refractivity contribution in [3.63, 3.8) is 0 Å². The van der Waals surface area contributed by atoms with Gasteiger partial charge in [-0.1, -0.05) is 0 Å². The molecule has 0 aliphatic carbocycles. The molecule has 0 spiro atoms. The van der Waals surface area contributed by atoms with Crippen LogP contribution in [0.15, 0.2) is 18.7 Å². The number of rotatable bonds is 4. The van der Waals surface area contributed by atoms with Gasteiger partial charge in [0.25, 0.3) is 9.47 Å². The van der Waals surface area contributed by atoms with Crippen LogP contribution >= 0.6 is 63.7 Å². The number of hydrogen-bond acceptors (Lipinski definition) is 7. The monoisotopic (exact) mass is 582 g/mol. The maximum absolute atomic E-state index is 10.4. The third-order valence-corrected chi connectivity index (χ3v) is 4.39. The third kappa shape index (κ3) is 5.30. The lowest BCUT2D eigenvalue weighted by Crippen LogP contribution is -2.00. The molecule has 0 aliphatic rings. The van der Waals surface area contributed by atoms with Gasteiger partial charge in [0.15, 0.2) is 4.60 Å². The average molecular weight is 586 g/mol. The van der Waals surface area contributed by atoms with E-state index in [0.717, 1.165) is 0 Å². The number of halogens is 4. The second-order valence-corrected chi connectivity index (χ2v) is 6.49. The number of hydrogen-bond donors (Lipinski definition) is 1. The molecule has 126 valence electrons. The summed E-state index contributed by atoms with van der Waals surface area (Å²) < 4.78 is 7.48. The molecule has 0 saturated heterocycles. The Labute approximate surface area is 161 Å². The summed E-state index contributed by atoms with van der Waals surface area (Å²) in [7, 11) is 1.49. The summed E-state index contributed by atoms with van der Waals surface area (Å²) in [6.45, 7) is 0.196. The molecule has 1 N–H and O–H groups in total. The quantitative estimate of drug-likeness (QED) is 0.425.